The number of aryl methyl sites for hydroxylation is 1. The van der Waals surface area contributed by atoms with Crippen LogP contribution in [0, 0.1) is 6.92 Å². The minimum atomic E-state index is -0.518. The number of esters is 2. The SMILES string of the molecule is COC(=O)c1cc(C(=O)OC)c(-c2ccc(Cl)cc2)cc1C. The van der Waals surface area contributed by atoms with Crippen molar-refractivity contribution in [2.45, 2.75) is 6.92 Å². The molecule has 0 unspecified atom stereocenters. The molecule has 0 N–H and O–H groups in total. The number of carbonyl (C=O) groups is 2. The van der Waals surface area contributed by atoms with Gasteiger partial charge in [-0.05, 0) is 47.9 Å². The second-order valence-electron chi connectivity index (χ2n) is 4.70. The Bertz CT molecular complexity index is 720. The lowest BCUT2D eigenvalue weighted by Gasteiger charge is -2.13. The van der Waals surface area contributed by atoms with E-state index >= 15 is 0 Å². The number of hydrogen-bond acceptors (Lipinski definition) is 4. The van der Waals surface area contributed by atoms with E-state index in [2.05, 4.69) is 0 Å². The fourth-order valence-electron chi connectivity index (χ4n) is 2.18. The van der Waals surface area contributed by atoms with Crippen LogP contribution in [0.3, 0.4) is 0 Å². The standard InChI is InChI=1S/C17H15ClO4/c1-10-8-14(11-4-6-12(18)7-5-11)15(17(20)22-3)9-13(10)16(19)21-2/h4-9H,1-3H3. The van der Waals surface area contributed by atoms with Crippen molar-refractivity contribution in [3.05, 3.63) is 58.1 Å². The fraction of sp³-hybridized carbons (Fsp3) is 0.176. The van der Waals surface area contributed by atoms with E-state index < -0.39 is 11.9 Å². The van der Waals surface area contributed by atoms with Gasteiger partial charge in [0.2, 0.25) is 0 Å². The summed E-state index contributed by atoms with van der Waals surface area (Å²) in [7, 11) is 2.60. The van der Waals surface area contributed by atoms with Crippen molar-refractivity contribution < 1.29 is 19.1 Å². The van der Waals surface area contributed by atoms with Gasteiger partial charge < -0.3 is 9.47 Å². The third-order valence-corrected chi connectivity index (χ3v) is 3.58. The molecule has 2 aromatic carbocycles. The third kappa shape index (κ3) is 3.12. The molecule has 0 aromatic heterocycles. The van der Waals surface area contributed by atoms with Crippen LogP contribution >= 0.6 is 11.6 Å². The summed E-state index contributed by atoms with van der Waals surface area (Å²) in [5, 5.41) is 0.603. The summed E-state index contributed by atoms with van der Waals surface area (Å²) >= 11 is 5.89. The third-order valence-electron chi connectivity index (χ3n) is 3.33. The first-order valence-electron chi connectivity index (χ1n) is 6.55. The van der Waals surface area contributed by atoms with Gasteiger partial charge >= 0.3 is 11.9 Å². The Morgan fingerprint density at radius 2 is 1.45 bits per heavy atom. The van der Waals surface area contributed by atoms with Gasteiger partial charge in [0.25, 0.3) is 0 Å². The van der Waals surface area contributed by atoms with Crippen LogP contribution < -0.4 is 0 Å². The lowest BCUT2D eigenvalue weighted by atomic mass is 9.94. The minimum Gasteiger partial charge on any atom is -0.465 e. The van der Waals surface area contributed by atoms with Crippen molar-refractivity contribution in [2.24, 2.45) is 0 Å². The monoisotopic (exact) mass is 318 g/mol. The van der Waals surface area contributed by atoms with E-state index in [-0.39, 0.29) is 0 Å². The molecule has 0 fully saturated rings. The van der Waals surface area contributed by atoms with Gasteiger partial charge in [0.05, 0.1) is 25.3 Å². The van der Waals surface area contributed by atoms with Crippen molar-refractivity contribution in [2.75, 3.05) is 14.2 Å². The molecule has 0 spiro atoms. The van der Waals surface area contributed by atoms with Crippen molar-refractivity contribution in [3.8, 4) is 11.1 Å². The number of ether oxygens (including phenoxy) is 2. The maximum atomic E-state index is 12.0. The average Bonchev–Trinajstić information content (AvgIpc) is 2.54. The zero-order valence-corrected chi connectivity index (χ0v) is 13.2. The van der Waals surface area contributed by atoms with Crippen LogP contribution in [0.1, 0.15) is 26.3 Å². The molecule has 0 atom stereocenters. The highest BCUT2D eigenvalue weighted by atomic mass is 35.5. The summed E-state index contributed by atoms with van der Waals surface area (Å²) in [5.41, 5.74) is 2.83. The smallest absolute Gasteiger partial charge is 0.338 e. The van der Waals surface area contributed by atoms with Gasteiger partial charge in [0, 0.05) is 5.02 Å². The Balaban J connectivity index is 2.67. The van der Waals surface area contributed by atoms with Crippen LogP contribution in [0.15, 0.2) is 36.4 Å². The molecule has 0 saturated heterocycles. The summed E-state index contributed by atoms with van der Waals surface area (Å²) < 4.78 is 9.55. The van der Waals surface area contributed by atoms with Gasteiger partial charge in [-0.1, -0.05) is 23.7 Å². The Morgan fingerprint density at radius 3 is 2.00 bits per heavy atom. The number of halogens is 1. The second kappa shape index (κ2) is 6.62. The molecule has 114 valence electrons. The lowest BCUT2D eigenvalue weighted by molar-refractivity contribution is 0.0599. The highest BCUT2D eigenvalue weighted by Gasteiger charge is 2.19. The van der Waals surface area contributed by atoms with Crippen molar-refractivity contribution >= 4 is 23.5 Å². The number of methoxy groups -OCH3 is 2. The van der Waals surface area contributed by atoms with Crippen LogP contribution in [-0.2, 0) is 9.47 Å². The Morgan fingerprint density at radius 1 is 0.909 bits per heavy atom. The molecular weight excluding hydrogens is 304 g/mol. The summed E-state index contributed by atoms with van der Waals surface area (Å²) in [4.78, 5) is 23.8. The highest BCUT2D eigenvalue weighted by molar-refractivity contribution is 6.30. The highest BCUT2D eigenvalue weighted by Crippen LogP contribution is 2.29. The lowest BCUT2D eigenvalue weighted by Crippen LogP contribution is -2.10. The van der Waals surface area contributed by atoms with Crippen molar-refractivity contribution in [1.29, 1.82) is 0 Å². The van der Waals surface area contributed by atoms with E-state index in [9.17, 15) is 9.59 Å². The fourth-order valence-corrected chi connectivity index (χ4v) is 2.31. The number of rotatable bonds is 3. The van der Waals surface area contributed by atoms with Crippen LogP contribution in [0.5, 0.6) is 0 Å². The number of hydrogen-bond donors (Lipinski definition) is 0. The van der Waals surface area contributed by atoms with E-state index in [1.54, 1.807) is 37.3 Å². The first kappa shape index (κ1) is 16.0. The van der Waals surface area contributed by atoms with E-state index in [1.807, 2.05) is 0 Å². The van der Waals surface area contributed by atoms with E-state index in [4.69, 9.17) is 21.1 Å². The predicted octanol–water partition coefficient (Wildman–Crippen LogP) is 3.89. The quantitative estimate of drug-likeness (QED) is 0.806. The van der Waals surface area contributed by atoms with E-state index in [0.717, 1.165) is 5.56 Å². The molecule has 0 bridgehead atoms. The molecule has 0 amide bonds. The summed E-state index contributed by atoms with van der Waals surface area (Å²) in [6.07, 6.45) is 0. The zero-order chi connectivity index (χ0) is 16.3. The van der Waals surface area contributed by atoms with Gasteiger partial charge in [0.15, 0.2) is 0 Å². The van der Waals surface area contributed by atoms with Gasteiger partial charge in [-0.3, -0.25) is 0 Å². The van der Waals surface area contributed by atoms with Crippen LogP contribution in [0.4, 0.5) is 0 Å². The van der Waals surface area contributed by atoms with E-state index in [0.29, 0.717) is 27.3 Å². The molecule has 0 aliphatic heterocycles. The normalized spacial score (nSPS) is 10.2. The van der Waals surface area contributed by atoms with Crippen LogP contribution in [0.2, 0.25) is 5.02 Å². The van der Waals surface area contributed by atoms with Gasteiger partial charge in [-0.2, -0.15) is 0 Å². The predicted molar refractivity (Wildman–Crippen MR) is 84.3 cm³/mol. The molecule has 2 aromatic rings. The van der Waals surface area contributed by atoms with Crippen LogP contribution in [-0.4, -0.2) is 26.2 Å². The molecule has 4 nitrogen and oxygen atoms in total. The Labute approximate surface area is 133 Å². The summed E-state index contributed by atoms with van der Waals surface area (Å²) in [6.45, 7) is 1.78. The molecule has 2 rings (SSSR count). The maximum Gasteiger partial charge on any atom is 0.338 e. The second-order valence-corrected chi connectivity index (χ2v) is 5.14. The van der Waals surface area contributed by atoms with Crippen molar-refractivity contribution in [1.82, 2.24) is 0 Å². The first-order chi connectivity index (χ1) is 10.5. The molecule has 0 aliphatic carbocycles. The first-order valence-corrected chi connectivity index (χ1v) is 6.93. The molecule has 0 saturated carbocycles. The zero-order valence-electron chi connectivity index (χ0n) is 12.5. The van der Waals surface area contributed by atoms with Crippen LogP contribution in [0.25, 0.3) is 11.1 Å². The minimum absolute atomic E-state index is 0.302. The molecule has 22 heavy (non-hydrogen) atoms. The van der Waals surface area contributed by atoms with E-state index in [1.165, 1.54) is 20.3 Å². The number of carbonyl (C=O) groups excluding carboxylic acids is 2. The Hall–Kier alpha value is -2.33. The van der Waals surface area contributed by atoms with Gasteiger partial charge in [0.1, 0.15) is 0 Å². The number of benzene rings is 2. The summed E-state index contributed by atoms with van der Waals surface area (Å²) in [6, 6.07) is 10.4. The molecule has 0 radical (unpaired) electrons. The topological polar surface area (TPSA) is 52.6 Å². The van der Waals surface area contributed by atoms with Crippen molar-refractivity contribution in [3.63, 3.8) is 0 Å². The average molecular weight is 319 g/mol. The van der Waals surface area contributed by atoms with Gasteiger partial charge in [-0.25, -0.2) is 9.59 Å². The maximum absolute atomic E-state index is 12.0. The molecule has 5 heteroatoms. The Kier molecular flexibility index (Phi) is 4.83. The largest absolute Gasteiger partial charge is 0.465 e. The molecule has 0 heterocycles. The summed E-state index contributed by atoms with van der Waals surface area (Å²) in [5.74, 6) is -1.01. The molecular formula is C17H15ClO4. The molecule has 0 aliphatic rings. The van der Waals surface area contributed by atoms with Gasteiger partial charge in [-0.15, -0.1) is 0 Å².